The Bertz CT molecular complexity index is 968. The van der Waals surface area contributed by atoms with E-state index in [2.05, 4.69) is 11.9 Å². The molecule has 2 amide bonds. The minimum atomic E-state index is -0.0644. The molecule has 8 heteroatoms. The third-order valence-corrected chi connectivity index (χ3v) is 7.35. The maximum absolute atomic E-state index is 13.0. The Hall–Kier alpha value is -2.61. The lowest BCUT2D eigenvalue weighted by Gasteiger charge is -2.37. The number of methoxy groups -OCH3 is 2. The number of carbonyl (C=O) groups excluding carboxylic acids is 2. The topological polar surface area (TPSA) is 72.0 Å². The van der Waals surface area contributed by atoms with Crippen molar-refractivity contribution in [3.8, 4) is 22.1 Å². The number of thiazole rings is 1. The van der Waals surface area contributed by atoms with E-state index in [-0.39, 0.29) is 17.7 Å². The van der Waals surface area contributed by atoms with Crippen molar-refractivity contribution in [3.05, 3.63) is 29.3 Å². The van der Waals surface area contributed by atoms with Crippen molar-refractivity contribution in [2.75, 3.05) is 40.4 Å². The van der Waals surface area contributed by atoms with Gasteiger partial charge in [0.15, 0.2) is 11.5 Å². The molecule has 2 aliphatic rings. The number of carbonyl (C=O) groups is 2. The van der Waals surface area contributed by atoms with Crippen LogP contribution in [0.3, 0.4) is 0 Å². The van der Waals surface area contributed by atoms with E-state index < -0.39 is 0 Å². The number of hydrogen-bond acceptors (Lipinski definition) is 6. The zero-order valence-corrected chi connectivity index (χ0v) is 19.8. The number of amides is 2. The van der Waals surface area contributed by atoms with E-state index in [1.54, 1.807) is 19.6 Å². The molecule has 0 bridgehead atoms. The van der Waals surface area contributed by atoms with Crippen molar-refractivity contribution in [1.82, 2.24) is 14.8 Å². The summed E-state index contributed by atoms with van der Waals surface area (Å²) in [5, 5.41) is 2.57. The average molecular weight is 458 g/mol. The molecule has 0 aliphatic carbocycles. The van der Waals surface area contributed by atoms with Gasteiger partial charge in [0, 0.05) is 43.0 Å². The Labute approximate surface area is 193 Å². The number of benzene rings is 1. The summed E-state index contributed by atoms with van der Waals surface area (Å²) in [5.74, 6) is 2.10. The van der Waals surface area contributed by atoms with E-state index in [1.165, 1.54) is 17.8 Å². The third kappa shape index (κ3) is 4.75. The largest absolute Gasteiger partial charge is 0.493 e. The van der Waals surface area contributed by atoms with Gasteiger partial charge in [-0.15, -0.1) is 11.3 Å². The molecule has 0 unspecified atom stereocenters. The fourth-order valence-electron chi connectivity index (χ4n) is 4.61. The fourth-order valence-corrected chi connectivity index (χ4v) is 5.40. The predicted octanol–water partition coefficient (Wildman–Crippen LogP) is 3.94. The van der Waals surface area contributed by atoms with Crippen LogP contribution in [-0.2, 0) is 4.79 Å². The Balaban J connectivity index is 1.37. The summed E-state index contributed by atoms with van der Waals surface area (Å²) in [6, 6.07) is 5.61. The van der Waals surface area contributed by atoms with Gasteiger partial charge in [-0.2, -0.15) is 0 Å². The van der Waals surface area contributed by atoms with Gasteiger partial charge in [-0.1, -0.05) is 6.92 Å². The van der Waals surface area contributed by atoms with Crippen LogP contribution >= 0.6 is 11.3 Å². The Kier molecular flexibility index (Phi) is 6.98. The van der Waals surface area contributed by atoms with Crippen molar-refractivity contribution >= 4 is 23.2 Å². The minimum absolute atomic E-state index is 0.0297. The van der Waals surface area contributed by atoms with E-state index >= 15 is 0 Å². The van der Waals surface area contributed by atoms with Gasteiger partial charge in [-0.3, -0.25) is 9.59 Å². The van der Waals surface area contributed by atoms with E-state index in [0.717, 1.165) is 42.9 Å². The van der Waals surface area contributed by atoms with Gasteiger partial charge in [0.1, 0.15) is 10.7 Å². The van der Waals surface area contributed by atoms with Crippen molar-refractivity contribution in [2.45, 2.75) is 32.6 Å². The Morgan fingerprint density at radius 3 is 2.47 bits per heavy atom. The molecule has 0 spiro atoms. The Morgan fingerprint density at radius 1 is 1.03 bits per heavy atom. The predicted molar refractivity (Wildman–Crippen MR) is 124 cm³/mol. The second-order valence-corrected chi connectivity index (χ2v) is 9.56. The van der Waals surface area contributed by atoms with E-state index in [9.17, 15) is 9.59 Å². The highest BCUT2D eigenvalue weighted by Gasteiger charge is 2.32. The van der Waals surface area contributed by atoms with Crippen LogP contribution in [0.4, 0.5) is 0 Å². The number of ether oxygens (including phenoxy) is 2. The SMILES string of the molecule is COc1ccc(-c2nc(C(=O)N3CCC(C(=O)N4CCC[C@H](C)C4)CC3)cs2)cc1OC. The number of nitrogens with zero attached hydrogens (tertiary/aromatic N) is 3. The summed E-state index contributed by atoms with van der Waals surface area (Å²) in [5.41, 5.74) is 1.33. The lowest BCUT2D eigenvalue weighted by Crippen LogP contribution is -2.47. The molecule has 7 nitrogen and oxygen atoms in total. The highest BCUT2D eigenvalue weighted by molar-refractivity contribution is 7.13. The summed E-state index contributed by atoms with van der Waals surface area (Å²) < 4.78 is 10.7. The first-order valence-corrected chi connectivity index (χ1v) is 12.1. The third-order valence-electron chi connectivity index (χ3n) is 6.45. The number of likely N-dealkylation sites (tertiary alicyclic amines) is 2. The second kappa shape index (κ2) is 9.90. The van der Waals surface area contributed by atoms with Gasteiger partial charge in [-0.25, -0.2) is 4.98 Å². The molecule has 0 N–H and O–H groups in total. The van der Waals surface area contributed by atoms with Gasteiger partial charge < -0.3 is 19.3 Å². The molecule has 172 valence electrons. The molecule has 2 fully saturated rings. The zero-order valence-electron chi connectivity index (χ0n) is 19.0. The molecule has 32 heavy (non-hydrogen) atoms. The molecule has 2 saturated heterocycles. The fraction of sp³-hybridized carbons (Fsp3) is 0.542. The van der Waals surface area contributed by atoms with Gasteiger partial charge in [-0.05, 0) is 49.8 Å². The monoisotopic (exact) mass is 457 g/mol. The van der Waals surface area contributed by atoms with Crippen LogP contribution in [0, 0.1) is 11.8 Å². The first-order chi connectivity index (χ1) is 15.5. The molecule has 2 aliphatic heterocycles. The first kappa shape index (κ1) is 22.6. The minimum Gasteiger partial charge on any atom is -0.493 e. The summed E-state index contributed by atoms with van der Waals surface area (Å²) in [6.45, 7) is 5.16. The van der Waals surface area contributed by atoms with E-state index in [0.29, 0.717) is 36.2 Å². The van der Waals surface area contributed by atoms with E-state index in [4.69, 9.17) is 9.47 Å². The molecule has 0 radical (unpaired) electrons. The first-order valence-electron chi connectivity index (χ1n) is 11.3. The highest BCUT2D eigenvalue weighted by atomic mass is 32.1. The highest BCUT2D eigenvalue weighted by Crippen LogP contribution is 2.34. The lowest BCUT2D eigenvalue weighted by atomic mass is 9.92. The second-order valence-electron chi connectivity index (χ2n) is 8.71. The van der Waals surface area contributed by atoms with Crippen LogP contribution in [0.1, 0.15) is 43.1 Å². The average Bonchev–Trinajstić information content (AvgIpc) is 3.33. The van der Waals surface area contributed by atoms with Gasteiger partial charge >= 0.3 is 0 Å². The number of rotatable bonds is 5. The van der Waals surface area contributed by atoms with Gasteiger partial charge in [0.25, 0.3) is 5.91 Å². The Morgan fingerprint density at radius 2 is 1.78 bits per heavy atom. The lowest BCUT2D eigenvalue weighted by molar-refractivity contribution is -0.138. The molecular weight excluding hydrogens is 426 g/mol. The van der Waals surface area contributed by atoms with Crippen molar-refractivity contribution in [3.63, 3.8) is 0 Å². The standard InChI is InChI=1S/C24H31N3O4S/c1-16-5-4-10-27(14-16)23(28)17-8-11-26(12-9-17)24(29)19-15-32-22(25-19)18-6-7-20(30-2)21(13-18)31-3/h6-7,13,15-17H,4-5,8-12,14H2,1-3H3/t16-/m0/s1. The van der Waals surface area contributed by atoms with Gasteiger partial charge in [0.2, 0.25) is 5.91 Å². The van der Waals surface area contributed by atoms with Crippen molar-refractivity contribution < 1.29 is 19.1 Å². The normalized spacial score (nSPS) is 19.7. The van der Waals surface area contributed by atoms with E-state index in [1.807, 2.05) is 28.0 Å². The van der Waals surface area contributed by atoms with Crippen LogP contribution in [0.15, 0.2) is 23.6 Å². The molecule has 4 rings (SSSR count). The summed E-state index contributed by atoms with van der Waals surface area (Å²) >= 11 is 1.44. The maximum atomic E-state index is 13.0. The van der Waals surface area contributed by atoms with Crippen LogP contribution in [0.25, 0.3) is 10.6 Å². The molecule has 2 aromatic rings. The molecule has 0 saturated carbocycles. The number of piperidine rings is 2. The van der Waals surface area contributed by atoms with Crippen LogP contribution in [0.2, 0.25) is 0 Å². The zero-order chi connectivity index (χ0) is 22.7. The summed E-state index contributed by atoms with van der Waals surface area (Å²) in [7, 11) is 3.19. The summed E-state index contributed by atoms with van der Waals surface area (Å²) in [6.07, 6.45) is 3.75. The van der Waals surface area contributed by atoms with Gasteiger partial charge in [0.05, 0.1) is 14.2 Å². The van der Waals surface area contributed by atoms with Crippen molar-refractivity contribution in [1.29, 1.82) is 0 Å². The molecule has 1 aromatic heterocycles. The van der Waals surface area contributed by atoms with Crippen LogP contribution < -0.4 is 9.47 Å². The number of hydrogen-bond donors (Lipinski definition) is 0. The molecule has 1 atom stereocenters. The summed E-state index contributed by atoms with van der Waals surface area (Å²) in [4.78, 5) is 34.4. The molecular formula is C24H31N3O4S. The van der Waals surface area contributed by atoms with Crippen LogP contribution in [-0.4, -0.2) is 67.0 Å². The number of aromatic nitrogens is 1. The smallest absolute Gasteiger partial charge is 0.273 e. The quantitative estimate of drug-likeness (QED) is 0.680. The maximum Gasteiger partial charge on any atom is 0.273 e. The van der Waals surface area contributed by atoms with Crippen LogP contribution in [0.5, 0.6) is 11.5 Å². The molecule has 3 heterocycles. The van der Waals surface area contributed by atoms with Crippen molar-refractivity contribution in [2.24, 2.45) is 11.8 Å². The molecule has 1 aromatic carbocycles.